The second-order valence-corrected chi connectivity index (χ2v) is 20.5. The molecule has 4 atom stereocenters. The fourth-order valence-corrected chi connectivity index (χ4v) is 8.10. The van der Waals surface area contributed by atoms with Crippen LogP contribution in [0.2, 0.25) is 18.1 Å². The van der Waals surface area contributed by atoms with Crippen LogP contribution >= 0.6 is 11.3 Å². The predicted molar refractivity (Wildman–Crippen MR) is 194 cm³/mol. The van der Waals surface area contributed by atoms with Crippen LogP contribution in [0, 0.1) is 18.7 Å². The number of nitrogens with zero attached hydrogens (tertiary/aromatic N) is 4. The van der Waals surface area contributed by atoms with E-state index in [0.29, 0.717) is 24.4 Å². The van der Waals surface area contributed by atoms with Gasteiger partial charge in [-0.2, -0.15) is 0 Å². The number of nitrogens with one attached hydrogen (secondary N) is 1. The Kier molecular flexibility index (Phi) is 11.3. The number of thiazole rings is 1. The monoisotopic (exact) mass is 721 g/mol. The van der Waals surface area contributed by atoms with Crippen LogP contribution in [0.4, 0.5) is 4.39 Å². The number of hydrogen-bond donors (Lipinski definition) is 1. The molecular formula is C37H48FN5O5SSi. The molecule has 1 aliphatic rings. The molecule has 1 aromatic carbocycles. The Morgan fingerprint density at radius 3 is 2.46 bits per heavy atom. The van der Waals surface area contributed by atoms with Crippen molar-refractivity contribution in [3.63, 3.8) is 0 Å². The predicted octanol–water partition coefficient (Wildman–Crippen LogP) is 7.83. The first kappa shape index (κ1) is 37.3. The van der Waals surface area contributed by atoms with Crippen LogP contribution in [0.25, 0.3) is 10.4 Å². The van der Waals surface area contributed by atoms with Crippen molar-refractivity contribution >= 4 is 31.5 Å². The van der Waals surface area contributed by atoms with E-state index in [4.69, 9.17) is 13.7 Å². The second kappa shape index (κ2) is 15.1. The fraction of sp³-hybridized carbons (Fsp3) is 0.486. The molecule has 4 heterocycles. The summed E-state index contributed by atoms with van der Waals surface area (Å²) in [5.74, 6) is -1.31. The zero-order valence-corrected chi connectivity index (χ0v) is 32.1. The largest absolute Gasteiger partial charge is 0.471 e. The van der Waals surface area contributed by atoms with E-state index in [1.807, 2.05) is 57.5 Å². The van der Waals surface area contributed by atoms with Gasteiger partial charge in [0.25, 0.3) is 0 Å². The highest BCUT2D eigenvalue weighted by Crippen LogP contribution is 2.40. The summed E-state index contributed by atoms with van der Waals surface area (Å²) in [4.78, 5) is 39.7. The van der Waals surface area contributed by atoms with Crippen LogP contribution < -0.4 is 10.1 Å². The molecule has 1 saturated heterocycles. The van der Waals surface area contributed by atoms with Crippen molar-refractivity contribution in [1.29, 1.82) is 0 Å². The van der Waals surface area contributed by atoms with Crippen molar-refractivity contribution in [1.82, 2.24) is 25.3 Å². The maximum absolute atomic E-state index is 14.5. The molecular weight excluding hydrogens is 674 g/mol. The molecule has 10 nitrogen and oxygen atoms in total. The molecule has 4 aromatic rings. The Morgan fingerprint density at radius 2 is 1.84 bits per heavy atom. The summed E-state index contributed by atoms with van der Waals surface area (Å²) < 4.78 is 31.7. The molecule has 5 rings (SSSR count). The van der Waals surface area contributed by atoms with Crippen molar-refractivity contribution < 1.29 is 27.7 Å². The normalized spacial score (nSPS) is 17.9. The molecule has 0 aliphatic carbocycles. The van der Waals surface area contributed by atoms with Gasteiger partial charge in [-0.1, -0.05) is 64.0 Å². The number of rotatable bonds is 12. The highest BCUT2D eigenvalue weighted by molar-refractivity contribution is 7.13. The molecule has 1 aliphatic heterocycles. The Bertz CT molecular complexity index is 1790. The van der Waals surface area contributed by atoms with Gasteiger partial charge < -0.3 is 23.9 Å². The fourth-order valence-electron chi connectivity index (χ4n) is 5.93. The third-order valence-corrected chi connectivity index (χ3v) is 15.3. The maximum atomic E-state index is 14.5. The van der Waals surface area contributed by atoms with Gasteiger partial charge in [-0.15, -0.1) is 11.3 Å². The highest BCUT2D eigenvalue weighted by Gasteiger charge is 2.47. The van der Waals surface area contributed by atoms with Gasteiger partial charge >= 0.3 is 0 Å². The molecule has 50 heavy (non-hydrogen) atoms. The molecule has 3 aromatic heterocycles. The number of ether oxygens (including phenoxy) is 1. The van der Waals surface area contributed by atoms with Gasteiger partial charge in [0.15, 0.2) is 8.32 Å². The van der Waals surface area contributed by atoms with E-state index in [0.717, 1.165) is 21.7 Å². The summed E-state index contributed by atoms with van der Waals surface area (Å²) in [6.45, 7) is 19.0. The van der Waals surface area contributed by atoms with Crippen molar-refractivity contribution in [2.45, 2.75) is 104 Å². The Labute approximate surface area is 298 Å². The van der Waals surface area contributed by atoms with Crippen LogP contribution in [0.5, 0.6) is 5.88 Å². The van der Waals surface area contributed by atoms with Gasteiger partial charge in [-0.25, -0.2) is 14.4 Å². The minimum absolute atomic E-state index is 0.0151. The van der Waals surface area contributed by atoms with E-state index in [1.54, 1.807) is 22.3 Å². The minimum Gasteiger partial charge on any atom is -0.471 e. The molecule has 2 amide bonds. The lowest BCUT2D eigenvalue weighted by atomic mass is 9.91. The summed E-state index contributed by atoms with van der Waals surface area (Å²) in [7, 11) is -2.21. The number of hydrogen-bond acceptors (Lipinski definition) is 9. The first-order valence-corrected chi connectivity index (χ1v) is 20.8. The van der Waals surface area contributed by atoms with Crippen molar-refractivity contribution in [2.75, 3.05) is 6.54 Å². The summed E-state index contributed by atoms with van der Waals surface area (Å²) in [5.41, 5.74) is 5.30. The van der Waals surface area contributed by atoms with Gasteiger partial charge in [0.1, 0.15) is 35.8 Å². The molecule has 0 bridgehead atoms. The summed E-state index contributed by atoms with van der Waals surface area (Å²) in [6.07, 6.45) is 1.41. The first-order chi connectivity index (χ1) is 23.5. The minimum atomic E-state index is -2.21. The average molecular weight is 722 g/mol. The van der Waals surface area contributed by atoms with Crippen LogP contribution in [0.1, 0.15) is 82.6 Å². The number of benzene rings is 1. The molecule has 0 saturated carbocycles. The van der Waals surface area contributed by atoms with Gasteiger partial charge in [0.05, 0.1) is 28.2 Å². The standard InChI is InChI=1S/C37H48FN5O5SSi/c1-22(2)33(31-17-28(42-47-31)20-46-32-16-27(38)14-15-39-32)36(45)43-19-29(48-50(8,9)37(5,6)7)18-30(43)35(44)41-23(3)25-10-12-26(13-11-25)34-24(4)40-21-49-34/h10-17,21-23,29-30,33H,18-20H2,1-9H3,(H,41,44)/t23-,29?,30-,33?/m0/s1. The lowest BCUT2D eigenvalue weighted by molar-refractivity contribution is -0.141. The molecule has 0 spiro atoms. The van der Waals surface area contributed by atoms with Gasteiger partial charge in [0, 0.05) is 31.3 Å². The smallest absolute Gasteiger partial charge is 0.243 e. The molecule has 1 fully saturated rings. The van der Waals surface area contributed by atoms with Crippen molar-refractivity contribution in [2.24, 2.45) is 5.92 Å². The maximum Gasteiger partial charge on any atom is 0.243 e. The van der Waals surface area contributed by atoms with E-state index in [1.165, 1.54) is 18.3 Å². The summed E-state index contributed by atoms with van der Waals surface area (Å²) in [6, 6.07) is 11.2. The van der Waals surface area contributed by atoms with E-state index in [-0.39, 0.29) is 47.4 Å². The third-order valence-electron chi connectivity index (χ3n) is 9.77. The van der Waals surface area contributed by atoms with Gasteiger partial charge in [-0.3, -0.25) is 9.59 Å². The van der Waals surface area contributed by atoms with Crippen LogP contribution in [0.15, 0.2) is 58.7 Å². The summed E-state index contributed by atoms with van der Waals surface area (Å²) >= 11 is 1.60. The Hall–Kier alpha value is -3.94. The Morgan fingerprint density at radius 1 is 1.12 bits per heavy atom. The third kappa shape index (κ3) is 8.49. The zero-order chi connectivity index (χ0) is 36.4. The van der Waals surface area contributed by atoms with E-state index in [2.05, 4.69) is 54.3 Å². The van der Waals surface area contributed by atoms with Crippen LogP contribution in [0.3, 0.4) is 0 Å². The van der Waals surface area contributed by atoms with E-state index < -0.39 is 26.1 Å². The highest BCUT2D eigenvalue weighted by atomic mass is 32.1. The number of carbonyl (C=O) groups excluding carboxylic acids is 2. The number of carbonyl (C=O) groups is 2. The topological polar surface area (TPSA) is 120 Å². The lowest BCUT2D eigenvalue weighted by Crippen LogP contribution is -2.48. The zero-order valence-electron chi connectivity index (χ0n) is 30.3. The second-order valence-electron chi connectivity index (χ2n) is 14.9. The number of amides is 2. The molecule has 268 valence electrons. The van der Waals surface area contributed by atoms with E-state index >= 15 is 0 Å². The first-order valence-electron chi connectivity index (χ1n) is 17.0. The Balaban J connectivity index is 1.35. The molecule has 13 heteroatoms. The van der Waals surface area contributed by atoms with Gasteiger partial charge in [-0.05, 0) is 55.1 Å². The molecule has 2 unspecified atom stereocenters. The quantitative estimate of drug-likeness (QED) is 0.147. The number of pyridine rings is 1. The number of likely N-dealkylation sites (tertiary alicyclic amines) is 1. The number of aromatic nitrogens is 3. The van der Waals surface area contributed by atoms with Crippen molar-refractivity contribution in [3.05, 3.63) is 82.7 Å². The van der Waals surface area contributed by atoms with Crippen LogP contribution in [-0.2, 0) is 20.6 Å². The van der Waals surface area contributed by atoms with Crippen molar-refractivity contribution in [3.8, 4) is 16.3 Å². The average Bonchev–Trinajstić information content (AvgIpc) is 3.79. The SMILES string of the molecule is Cc1ncsc1-c1ccc([C@H](C)NC(=O)[C@@H]2CC(O[Si](C)(C)C(C)(C)C)CN2C(=O)C(c2cc(COc3cc(F)ccn3)no2)C(C)C)cc1. The summed E-state index contributed by atoms with van der Waals surface area (Å²) in [5, 5.41) is 7.25. The molecule has 1 N–H and O–H groups in total. The van der Waals surface area contributed by atoms with E-state index in [9.17, 15) is 14.0 Å². The lowest BCUT2D eigenvalue weighted by Gasteiger charge is -2.38. The number of aryl methyl sites for hydroxylation is 1. The molecule has 0 radical (unpaired) electrons. The van der Waals surface area contributed by atoms with Crippen LogP contribution in [-0.4, -0.2) is 58.8 Å². The number of halogens is 1. The van der Waals surface area contributed by atoms with Gasteiger partial charge in [0.2, 0.25) is 17.7 Å².